The first-order valence-corrected chi connectivity index (χ1v) is 42.3. The van der Waals surface area contributed by atoms with Crippen LogP contribution in [0.4, 0.5) is 39.2 Å². The smallest absolute Gasteiger partial charge is 0.269 e. The number of primary amides is 5. The first kappa shape index (κ1) is 98.1. The van der Waals surface area contributed by atoms with Gasteiger partial charge in [0, 0.05) is 123 Å². The number of benzene rings is 10. The first-order valence-electron chi connectivity index (χ1n) is 40.7. The molecule has 0 fully saturated rings. The van der Waals surface area contributed by atoms with E-state index in [4.69, 9.17) is 89.3 Å². The Bertz CT molecular complexity index is 7040. The van der Waals surface area contributed by atoms with Gasteiger partial charge in [-0.15, -0.1) is 0 Å². The predicted molar refractivity (Wildman–Crippen MR) is 513 cm³/mol. The average Bonchev–Trinajstić information content (AvgIpc) is 1.64. The fourth-order valence-electron chi connectivity index (χ4n) is 13.3. The van der Waals surface area contributed by atoms with Crippen LogP contribution in [0.25, 0.3) is 0 Å². The Kier molecular flexibility index (Phi) is 33.7. The number of aromatic nitrogens is 10. The molecule has 0 bridgehead atoms. The number of aryl methyl sites for hydroxylation is 1. The van der Waals surface area contributed by atoms with Crippen molar-refractivity contribution in [2.24, 2.45) is 53.6 Å². The summed E-state index contributed by atoms with van der Waals surface area (Å²) in [5.74, 6) is -2.01. The van der Waals surface area contributed by atoms with E-state index < -0.39 is 40.3 Å². The van der Waals surface area contributed by atoms with Gasteiger partial charge in [-0.2, -0.15) is 25.5 Å². The maximum absolute atomic E-state index is 13.9. The molecule has 5 aromatic heterocycles. The highest BCUT2D eigenvalue weighted by Gasteiger charge is 2.26. The van der Waals surface area contributed by atoms with E-state index in [9.17, 15) is 58.6 Å². The number of ketones is 1. The number of aliphatic imine (C=N–C) groups is 5. The van der Waals surface area contributed by atoms with E-state index in [0.717, 1.165) is 38.9 Å². The van der Waals surface area contributed by atoms with Gasteiger partial charge in [0.1, 0.15) is 69.0 Å². The van der Waals surface area contributed by atoms with E-state index in [1.807, 2.05) is 97.9 Å². The highest BCUT2D eigenvalue weighted by Crippen LogP contribution is 2.34. The molecule has 0 unspecified atom stereocenters. The summed E-state index contributed by atoms with van der Waals surface area (Å²) >= 11 is 23.8. The highest BCUT2D eigenvalue weighted by molar-refractivity contribution is 6.31. The summed E-state index contributed by atoms with van der Waals surface area (Å²) in [4.78, 5) is 102. The van der Waals surface area contributed by atoms with E-state index in [0.29, 0.717) is 114 Å². The maximum Gasteiger partial charge on any atom is 0.269 e. The van der Waals surface area contributed by atoms with Crippen LogP contribution in [0.3, 0.4) is 0 Å². The second kappa shape index (κ2) is 46.7. The van der Waals surface area contributed by atoms with Crippen LogP contribution >= 0.6 is 46.4 Å². The number of phenolic OH excluding ortho intramolecular Hbond substituents is 3. The summed E-state index contributed by atoms with van der Waals surface area (Å²) < 4.78 is 30.0. The van der Waals surface area contributed by atoms with Gasteiger partial charge in [0.15, 0.2) is 41.7 Å². The molecule has 35 nitrogen and oxygen atoms in total. The molecule has 18 N–H and O–H groups in total. The Morgan fingerprint density at radius 2 is 0.853 bits per heavy atom. The number of carbonyl (C=O) groups is 6. The van der Waals surface area contributed by atoms with Crippen LogP contribution in [0.1, 0.15) is 154 Å². The monoisotopic (exact) mass is 1910 g/mol. The number of hydrogen-bond acceptors (Lipinski definition) is 24. The number of amides is 5. The normalized spacial score (nSPS) is 11.5. The summed E-state index contributed by atoms with van der Waals surface area (Å²) in [6, 6.07) is 63.4. The molecule has 0 aliphatic carbocycles. The van der Waals surface area contributed by atoms with E-state index >= 15 is 0 Å². The molecule has 1 aliphatic heterocycles. The summed E-state index contributed by atoms with van der Waals surface area (Å²) in [7, 11) is 0. The first-order chi connectivity index (χ1) is 65.4. The number of aromatic amines is 5. The molecular weight excluding hydrogens is 1830 g/mol. The number of rotatable bonds is 29. The minimum absolute atomic E-state index is 0.00151. The van der Waals surface area contributed by atoms with Crippen LogP contribution in [0.2, 0.25) is 20.1 Å². The van der Waals surface area contributed by atoms with Crippen LogP contribution in [-0.2, 0) is 48.2 Å². The zero-order valence-electron chi connectivity index (χ0n) is 71.9. The van der Waals surface area contributed by atoms with Crippen LogP contribution in [-0.4, -0.2) is 151 Å². The van der Waals surface area contributed by atoms with Crippen molar-refractivity contribution in [1.29, 1.82) is 0 Å². The molecule has 6 heterocycles. The number of nitrogens with one attached hydrogen (secondary N) is 5. The van der Waals surface area contributed by atoms with Gasteiger partial charge < -0.3 is 58.2 Å². The van der Waals surface area contributed by atoms with Crippen molar-refractivity contribution < 1.29 is 67.6 Å². The average molecular weight is 1910 g/mol. The Morgan fingerprint density at radius 3 is 1.29 bits per heavy atom. The highest BCUT2D eigenvalue weighted by atomic mass is 35.5. The topological polar surface area (TPSA) is 569 Å². The van der Waals surface area contributed by atoms with Crippen molar-refractivity contribution in [3.05, 3.63) is 384 Å². The SMILES string of the molecule is CC(=O)COc1ccccc1C=Nc1n[nH]c(Cc2ccc(Cl)cc2)c1C(N)=O.Cc1ccc(C=Nc2n[nH]c(Cc3ccc(Cl)cc3)c2C(N)=O)c(O)c1.NC(=O)c1c(N=Cc2cc(F)cc3c2OCOC3)n[nH]c1Cc1cccc(Cl)c1.NC(=O)c1c(N=Cc2cc(O)ccc2O)n[nH]c1Cc1cccc(Cl)c1.NC(=O)c1c(N=Cc2ccccc2)n[nH]c1Cc1ccc([N+](=O)[O-])cc1. The molecule has 15 aromatic rings. The van der Waals surface area contributed by atoms with Gasteiger partial charge in [0.25, 0.3) is 35.2 Å². The summed E-state index contributed by atoms with van der Waals surface area (Å²) in [5.41, 5.74) is 39.9. The molecular formula is C96H82Cl4FN21O14. The van der Waals surface area contributed by atoms with Gasteiger partial charge in [-0.3, -0.25) is 64.4 Å². The minimum atomic E-state index is -0.678. The van der Waals surface area contributed by atoms with Gasteiger partial charge in [0.05, 0.1) is 40.0 Å². The van der Waals surface area contributed by atoms with E-state index in [-0.39, 0.29) is 111 Å². The number of para-hydroxylation sites is 1. The summed E-state index contributed by atoms with van der Waals surface area (Å²) in [6.45, 7) is 3.60. The lowest BCUT2D eigenvalue weighted by Gasteiger charge is -2.19. The van der Waals surface area contributed by atoms with Crippen LogP contribution < -0.4 is 38.1 Å². The molecule has 0 spiro atoms. The summed E-state index contributed by atoms with van der Waals surface area (Å²) in [6.07, 6.45) is 9.18. The van der Waals surface area contributed by atoms with Gasteiger partial charge in [-0.25, -0.2) is 29.4 Å². The molecule has 16 rings (SSSR count). The van der Waals surface area contributed by atoms with Gasteiger partial charge >= 0.3 is 0 Å². The van der Waals surface area contributed by atoms with Gasteiger partial charge in [-0.05, 0) is 156 Å². The number of Topliss-reactive ketones (excluding diaryl/α,β-unsaturated/α-hetero) is 1. The Hall–Kier alpha value is -16.9. The number of halogens is 5. The van der Waals surface area contributed by atoms with Crippen molar-refractivity contribution >= 4 is 148 Å². The van der Waals surface area contributed by atoms with E-state index in [1.165, 1.54) is 74.2 Å². The zero-order valence-corrected chi connectivity index (χ0v) is 75.0. The molecule has 1 aliphatic rings. The third kappa shape index (κ3) is 27.4. The molecule has 0 saturated carbocycles. The van der Waals surface area contributed by atoms with E-state index in [1.54, 1.807) is 97.2 Å². The molecule has 10 aromatic carbocycles. The van der Waals surface area contributed by atoms with Gasteiger partial charge in [-0.1, -0.05) is 156 Å². The number of phenols is 3. The van der Waals surface area contributed by atoms with E-state index in [2.05, 4.69) is 75.9 Å². The lowest BCUT2D eigenvalue weighted by atomic mass is 10.1. The number of nitro groups is 1. The molecule has 136 heavy (non-hydrogen) atoms. The third-order valence-electron chi connectivity index (χ3n) is 19.7. The number of hydrogen-bond donors (Lipinski definition) is 13. The number of nitrogens with two attached hydrogens (primary N) is 5. The number of aromatic hydroxyl groups is 3. The fourth-order valence-corrected chi connectivity index (χ4v) is 14.0. The lowest BCUT2D eigenvalue weighted by molar-refractivity contribution is -0.384. The molecule has 0 atom stereocenters. The number of nitro benzene ring substituents is 1. The minimum Gasteiger partial charge on any atom is -0.508 e. The maximum atomic E-state index is 13.9. The lowest BCUT2D eigenvalue weighted by Crippen LogP contribution is -2.14. The number of non-ortho nitro benzene ring substituents is 1. The molecule has 5 amide bonds. The number of H-pyrrole nitrogens is 5. The number of fused-ring (bicyclic) bond motifs is 1. The van der Waals surface area contributed by atoms with Crippen molar-refractivity contribution in [1.82, 2.24) is 51.0 Å². The molecule has 0 radical (unpaired) electrons. The molecule has 40 heteroatoms. The van der Waals surface area contributed by atoms with Crippen molar-refractivity contribution in [2.45, 2.75) is 52.6 Å². The van der Waals surface area contributed by atoms with Crippen molar-refractivity contribution in [3.8, 4) is 28.7 Å². The van der Waals surface area contributed by atoms with Crippen LogP contribution in [0, 0.1) is 22.9 Å². The standard InChI is InChI=1S/C21H19ClN4O3.C20H16ClFN4O3.C19H17ClN4O2.C18H15ClN4O3.C18H15N5O3/c1-13(27)12-29-18-5-3-2-4-15(18)11-24-21-19(20(23)28)17(25-26-21)10-14-6-8-16(22)9-7-14;21-14-3-1-2-11(4-14)5-16-17(19(23)27)20(26-25-16)24-8-12-6-15(22)7-13-9-28-10-29-18(12)13;1-11-2-5-13(16(25)8-11)10-22-19-17(18(21)26)15(23-24-19)9-12-3-6-14(20)7-4-12;19-12-3-1-2-10(6-12)7-14-16(17(20)26)18(23-22-14)21-9-11-8-13(24)4-5-15(11)25;19-17(24)16-15(10-12-6-8-14(9-7-12)23(25)26)21-22-18(16)20-11-13-4-2-1-3-5-13/h2-9,11H,10,12H2,1H3,(H2,23,28)(H,25,26);1-4,6-8H,5,9-10H2,(H2,23,27)(H,25,26);2-8,10,25H,9H2,1H3,(H2,21,26)(H,23,24);1-6,8-9,24-25H,7H2,(H2,20,26)(H,22,23);1-9,11H,10H2,(H2,19,24)(H,21,22). The predicted octanol–water partition coefficient (Wildman–Crippen LogP) is 16.2. The van der Waals surface area contributed by atoms with Crippen LogP contribution in [0.15, 0.2) is 249 Å². The van der Waals surface area contributed by atoms with Crippen LogP contribution in [0.5, 0.6) is 28.7 Å². The second-order valence-electron chi connectivity index (χ2n) is 29.8. The Morgan fingerprint density at radius 1 is 0.441 bits per heavy atom. The zero-order chi connectivity index (χ0) is 97.1. The largest absolute Gasteiger partial charge is 0.508 e. The molecule has 690 valence electrons. The Balaban J connectivity index is 0.000000153. The Labute approximate surface area is 793 Å². The van der Waals surface area contributed by atoms with Crippen molar-refractivity contribution in [2.75, 3.05) is 13.4 Å². The summed E-state index contributed by atoms with van der Waals surface area (Å²) in [5, 5.41) is 76.8. The fraction of sp³-hybridized carbons (Fsp3) is 0.104. The quantitative estimate of drug-likeness (QED) is 0.00896. The third-order valence-corrected chi connectivity index (χ3v) is 20.7. The van der Waals surface area contributed by atoms with Crippen molar-refractivity contribution in [3.63, 3.8) is 0 Å². The number of carbonyl (C=O) groups excluding carboxylic acids is 6. The molecule has 0 saturated heterocycles. The van der Waals surface area contributed by atoms with Gasteiger partial charge in [0.2, 0.25) is 0 Å². The number of ether oxygens (including phenoxy) is 3. The number of nitrogens with zero attached hydrogens (tertiary/aromatic N) is 11. The second-order valence-corrected chi connectivity index (χ2v) is 31.5.